The van der Waals surface area contributed by atoms with Gasteiger partial charge in [0.05, 0.1) is 16.7 Å². The molecule has 0 aromatic heterocycles. The topological polar surface area (TPSA) is 41.1 Å². The first-order valence-electron chi connectivity index (χ1n) is 10.9. The lowest BCUT2D eigenvalue weighted by Gasteiger charge is -2.33. The van der Waals surface area contributed by atoms with Crippen LogP contribution in [0.15, 0.2) is 42.5 Å². The Morgan fingerprint density at radius 2 is 1.58 bits per heavy atom. The minimum atomic E-state index is -5.10. The van der Waals surface area contributed by atoms with Gasteiger partial charge in [0.25, 0.3) is 5.91 Å². The first-order valence-corrected chi connectivity index (χ1v) is 10.9. The van der Waals surface area contributed by atoms with Crippen molar-refractivity contribution in [1.82, 2.24) is 10.6 Å². The summed E-state index contributed by atoms with van der Waals surface area (Å²) in [6.07, 6.45) is -7.18. The normalized spacial score (nSPS) is 19.4. The van der Waals surface area contributed by atoms with Crippen LogP contribution in [0, 0.1) is 0 Å². The van der Waals surface area contributed by atoms with Gasteiger partial charge in [-0.3, -0.25) is 4.79 Å². The van der Waals surface area contributed by atoms with E-state index >= 15 is 0 Å². The number of halogens is 6. The molecule has 0 saturated heterocycles. The number of nitrogens with one attached hydrogen (secondary N) is 2. The molecule has 1 aliphatic rings. The maximum atomic E-state index is 13.7. The molecule has 2 atom stereocenters. The van der Waals surface area contributed by atoms with Crippen LogP contribution in [0.5, 0.6) is 0 Å². The van der Waals surface area contributed by atoms with Crippen LogP contribution in [0.3, 0.4) is 0 Å². The smallest absolute Gasteiger partial charge is 0.348 e. The van der Waals surface area contributed by atoms with Crippen molar-refractivity contribution in [1.29, 1.82) is 0 Å². The molecule has 2 aromatic carbocycles. The van der Waals surface area contributed by atoms with Gasteiger partial charge in [-0.2, -0.15) is 26.3 Å². The Bertz CT molecular complexity index is 956. The molecule has 3 rings (SSSR count). The molecule has 1 saturated carbocycles. The molecule has 0 radical (unpaired) electrons. The number of benzene rings is 2. The Morgan fingerprint density at radius 3 is 2.15 bits per heavy atom. The van der Waals surface area contributed by atoms with E-state index in [1.54, 1.807) is 0 Å². The number of amides is 1. The zero-order valence-electron chi connectivity index (χ0n) is 18.1. The Labute approximate surface area is 188 Å². The summed E-state index contributed by atoms with van der Waals surface area (Å²) >= 11 is 0. The molecular weight excluding hydrogens is 446 g/mol. The van der Waals surface area contributed by atoms with Crippen molar-refractivity contribution in [3.63, 3.8) is 0 Å². The molecule has 0 heterocycles. The van der Waals surface area contributed by atoms with Gasteiger partial charge in [-0.1, -0.05) is 50.1 Å². The molecule has 9 heteroatoms. The van der Waals surface area contributed by atoms with E-state index in [0.29, 0.717) is 19.0 Å². The average molecular weight is 472 g/mol. The molecule has 0 aliphatic heterocycles. The van der Waals surface area contributed by atoms with E-state index in [1.165, 1.54) is 6.92 Å². The molecule has 2 unspecified atom stereocenters. The Balaban J connectivity index is 1.87. The molecule has 33 heavy (non-hydrogen) atoms. The van der Waals surface area contributed by atoms with Gasteiger partial charge in [-0.25, -0.2) is 0 Å². The summed E-state index contributed by atoms with van der Waals surface area (Å²) in [5.74, 6) is -0.994. The van der Waals surface area contributed by atoms with Crippen LogP contribution in [0.2, 0.25) is 0 Å². The van der Waals surface area contributed by atoms with Gasteiger partial charge >= 0.3 is 12.4 Å². The van der Waals surface area contributed by atoms with E-state index in [2.05, 4.69) is 10.6 Å². The summed E-state index contributed by atoms with van der Waals surface area (Å²) in [4.78, 5) is 13.0. The van der Waals surface area contributed by atoms with E-state index in [-0.39, 0.29) is 24.1 Å². The first kappa shape index (κ1) is 25.1. The van der Waals surface area contributed by atoms with Crippen LogP contribution >= 0.6 is 0 Å². The fraction of sp³-hybridized carbons (Fsp3) is 0.458. The number of alkyl halides is 6. The van der Waals surface area contributed by atoms with Crippen LogP contribution in [-0.4, -0.2) is 18.0 Å². The van der Waals surface area contributed by atoms with Gasteiger partial charge < -0.3 is 10.6 Å². The van der Waals surface area contributed by atoms with Gasteiger partial charge in [-0.15, -0.1) is 0 Å². The number of hydrogen-bond donors (Lipinski definition) is 2. The highest BCUT2D eigenvalue weighted by Gasteiger charge is 2.41. The highest BCUT2D eigenvalue weighted by Crippen LogP contribution is 2.39. The second kappa shape index (κ2) is 10.2. The second-order valence-electron chi connectivity index (χ2n) is 8.24. The Morgan fingerprint density at radius 1 is 0.939 bits per heavy atom. The third-order valence-corrected chi connectivity index (χ3v) is 5.95. The average Bonchev–Trinajstić information content (AvgIpc) is 2.77. The molecule has 1 fully saturated rings. The minimum absolute atomic E-state index is 0.0279. The lowest BCUT2D eigenvalue weighted by atomic mass is 9.89. The van der Waals surface area contributed by atoms with Crippen molar-refractivity contribution in [3.05, 3.63) is 70.3 Å². The molecule has 1 amide bonds. The second-order valence-corrected chi connectivity index (χ2v) is 8.24. The molecule has 180 valence electrons. The van der Waals surface area contributed by atoms with Crippen molar-refractivity contribution in [2.24, 2.45) is 0 Å². The fourth-order valence-corrected chi connectivity index (χ4v) is 4.27. The van der Waals surface area contributed by atoms with Crippen LogP contribution in [0.25, 0.3) is 0 Å². The maximum Gasteiger partial charge on any atom is 0.417 e. The van der Waals surface area contributed by atoms with Crippen molar-refractivity contribution < 1.29 is 31.1 Å². The number of carbonyl (C=O) groups excluding carboxylic acids is 1. The van der Waals surface area contributed by atoms with Crippen molar-refractivity contribution in [2.45, 2.75) is 70.0 Å². The first-order chi connectivity index (χ1) is 15.5. The summed E-state index contributed by atoms with van der Waals surface area (Å²) in [6.45, 7) is 1.96. The van der Waals surface area contributed by atoms with Gasteiger partial charge in [0, 0.05) is 18.6 Å². The van der Waals surface area contributed by atoms with Gasteiger partial charge in [-0.05, 0) is 42.5 Å². The molecule has 0 spiro atoms. The standard InChI is InChI=1S/C24H26F6N2O/c1-2-16-12-17(23(25,26)27)13-18(24(28,29)30)21(16)22(33)32-20-11-7-6-10-19(20)31-14-15-8-4-3-5-9-15/h3-5,8-9,12-13,19-20,31H,2,6-7,10-11,14H2,1H3,(H,32,33). The van der Waals surface area contributed by atoms with Crippen LogP contribution in [0.1, 0.15) is 65.2 Å². The number of hydrogen-bond acceptors (Lipinski definition) is 2. The summed E-state index contributed by atoms with van der Waals surface area (Å²) < 4.78 is 80.6. The van der Waals surface area contributed by atoms with Crippen LogP contribution in [0.4, 0.5) is 26.3 Å². The Kier molecular flexibility index (Phi) is 7.72. The number of rotatable bonds is 6. The quantitative estimate of drug-likeness (QED) is 0.498. The fourth-order valence-electron chi connectivity index (χ4n) is 4.27. The Hall–Kier alpha value is -2.55. The number of carbonyl (C=O) groups is 1. The summed E-state index contributed by atoms with van der Waals surface area (Å²) in [5, 5.41) is 6.05. The molecular formula is C24H26F6N2O. The minimum Gasteiger partial charge on any atom is -0.348 e. The molecule has 1 aliphatic carbocycles. The largest absolute Gasteiger partial charge is 0.417 e. The van der Waals surface area contributed by atoms with E-state index in [1.807, 2.05) is 30.3 Å². The SMILES string of the molecule is CCc1cc(C(F)(F)F)cc(C(F)(F)F)c1C(=O)NC1CCCCC1NCc1ccccc1. The van der Waals surface area contributed by atoms with E-state index in [4.69, 9.17) is 0 Å². The lowest BCUT2D eigenvalue weighted by Crippen LogP contribution is -2.51. The highest BCUT2D eigenvalue weighted by atomic mass is 19.4. The predicted octanol–water partition coefficient (Wildman–Crippen LogP) is 6.12. The molecule has 2 aromatic rings. The zero-order valence-corrected chi connectivity index (χ0v) is 18.1. The van der Waals surface area contributed by atoms with Crippen LogP contribution in [-0.2, 0) is 25.3 Å². The van der Waals surface area contributed by atoms with E-state index in [9.17, 15) is 31.1 Å². The number of aryl methyl sites for hydroxylation is 1. The van der Waals surface area contributed by atoms with Crippen molar-refractivity contribution in [2.75, 3.05) is 0 Å². The lowest BCUT2D eigenvalue weighted by molar-refractivity contribution is -0.143. The molecule has 2 N–H and O–H groups in total. The summed E-state index contributed by atoms with van der Waals surface area (Å²) in [7, 11) is 0. The van der Waals surface area contributed by atoms with E-state index < -0.39 is 41.0 Å². The summed E-state index contributed by atoms with van der Waals surface area (Å²) in [5.41, 5.74) is -2.95. The van der Waals surface area contributed by atoms with Crippen molar-refractivity contribution in [3.8, 4) is 0 Å². The molecule has 0 bridgehead atoms. The van der Waals surface area contributed by atoms with Gasteiger partial charge in [0.15, 0.2) is 0 Å². The zero-order chi connectivity index (χ0) is 24.2. The van der Waals surface area contributed by atoms with Crippen molar-refractivity contribution >= 4 is 5.91 Å². The monoisotopic (exact) mass is 472 g/mol. The van der Waals surface area contributed by atoms with Gasteiger partial charge in [0.2, 0.25) is 0 Å². The highest BCUT2D eigenvalue weighted by molar-refractivity contribution is 5.97. The van der Waals surface area contributed by atoms with E-state index in [0.717, 1.165) is 24.8 Å². The molecule has 3 nitrogen and oxygen atoms in total. The predicted molar refractivity (Wildman–Crippen MR) is 113 cm³/mol. The third-order valence-electron chi connectivity index (χ3n) is 5.95. The van der Waals surface area contributed by atoms with Crippen LogP contribution < -0.4 is 10.6 Å². The van der Waals surface area contributed by atoms with Gasteiger partial charge in [0.1, 0.15) is 0 Å². The summed E-state index contributed by atoms with van der Waals surface area (Å²) in [6, 6.07) is 9.64. The third kappa shape index (κ3) is 6.28. The maximum absolute atomic E-state index is 13.7.